The normalized spacial score (nSPS) is 10.1. The fraction of sp³-hybridized carbons (Fsp3) is 0. The lowest BCUT2D eigenvalue weighted by Crippen LogP contribution is -1.94. The number of anilines is 1. The maximum Gasteiger partial charge on any atom is 0.182 e. The van der Waals surface area contributed by atoms with Gasteiger partial charge < -0.3 is 0 Å². The summed E-state index contributed by atoms with van der Waals surface area (Å²) in [6.07, 6.45) is 1.81. The summed E-state index contributed by atoms with van der Waals surface area (Å²) in [5.74, 6) is 0.451. The Labute approximate surface area is 110 Å². The number of hydrogen-bond acceptors (Lipinski definition) is 4. The van der Waals surface area contributed by atoms with E-state index in [4.69, 9.17) is 5.26 Å². The van der Waals surface area contributed by atoms with Crippen LogP contribution in [0.3, 0.4) is 0 Å². The Morgan fingerprint density at radius 1 is 0.895 bits per heavy atom. The van der Waals surface area contributed by atoms with E-state index in [1.165, 1.54) is 10.8 Å². The average Bonchev–Trinajstić information content (AvgIpc) is 2.48. The summed E-state index contributed by atoms with van der Waals surface area (Å²) >= 11 is 0. The van der Waals surface area contributed by atoms with Crippen LogP contribution in [0.4, 0.5) is 5.82 Å². The number of hydrogen-bond donors (Lipinski definition) is 1. The molecule has 0 spiro atoms. The zero-order chi connectivity index (χ0) is 13.1. The maximum absolute atomic E-state index is 8.50. The fourth-order valence-electron chi connectivity index (χ4n) is 1.96. The Balaban J connectivity index is 2.01. The summed E-state index contributed by atoms with van der Waals surface area (Å²) in [4.78, 5) is 0. The molecule has 2 aromatic carbocycles. The van der Waals surface area contributed by atoms with Gasteiger partial charge in [-0.2, -0.15) is 5.26 Å². The molecule has 0 aliphatic heterocycles. The Morgan fingerprint density at radius 3 is 2.47 bits per heavy atom. The maximum atomic E-state index is 8.50. The first-order valence-corrected chi connectivity index (χ1v) is 5.85. The molecule has 0 saturated heterocycles. The van der Waals surface area contributed by atoms with Crippen LogP contribution >= 0.6 is 0 Å². The van der Waals surface area contributed by atoms with E-state index in [9.17, 15) is 0 Å². The lowest BCUT2D eigenvalue weighted by Gasteiger charge is -2.03. The van der Waals surface area contributed by atoms with Crippen LogP contribution in [0.2, 0.25) is 0 Å². The summed E-state index contributed by atoms with van der Waals surface area (Å²) < 4.78 is 0. The van der Waals surface area contributed by atoms with Crippen molar-refractivity contribution in [1.29, 1.82) is 5.26 Å². The number of benzene rings is 2. The lowest BCUT2D eigenvalue weighted by molar-refractivity contribution is 1.04. The van der Waals surface area contributed by atoms with Crippen molar-refractivity contribution < 1.29 is 0 Å². The Bertz CT molecular complexity index is 757. The molecular weight excluding hydrogens is 236 g/mol. The van der Waals surface area contributed by atoms with E-state index in [0.29, 0.717) is 5.82 Å². The van der Waals surface area contributed by atoms with Crippen molar-refractivity contribution in [2.45, 2.75) is 0 Å². The molecule has 1 N–H and O–H groups in total. The van der Waals surface area contributed by atoms with Crippen LogP contribution in [0.25, 0.3) is 22.0 Å². The minimum atomic E-state index is 0.451. The van der Waals surface area contributed by atoms with E-state index < -0.39 is 0 Å². The molecule has 0 aliphatic carbocycles. The van der Waals surface area contributed by atoms with Crippen LogP contribution in [0.5, 0.6) is 0 Å². The second-order valence-corrected chi connectivity index (χ2v) is 4.10. The van der Waals surface area contributed by atoms with Gasteiger partial charge in [0, 0.05) is 5.56 Å². The number of rotatable bonds is 2. The first-order valence-electron chi connectivity index (χ1n) is 5.85. The second kappa shape index (κ2) is 4.75. The highest BCUT2D eigenvalue weighted by Crippen LogP contribution is 2.22. The van der Waals surface area contributed by atoms with E-state index in [-0.39, 0.29) is 0 Å². The summed E-state index contributed by atoms with van der Waals surface area (Å²) in [5, 5.41) is 21.4. The van der Waals surface area contributed by atoms with Gasteiger partial charge in [-0.3, -0.25) is 5.32 Å². The fourth-order valence-corrected chi connectivity index (χ4v) is 1.96. The zero-order valence-electron chi connectivity index (χ0n) is 10.0. The minimum Gasteiger partial charge on any atom is -0.275 e. The molecule has 0 atom stereocenters. The van der Waals surface area contributed by atoms with Crippen molar-refractivity contribution in [1.82, 2.24) is 10.2 Å². The molecule has 4 heteroatoms. The molecular formula is C15H10N4. The SMILES string of the molecule is N#CNc1ccc(-c2ccc3ccccc3c2)nn1. The van der Waals surface area contributed by atoms with E-state index in [0.717, 1.165) is 11.3 Å². The molecule has 1 heterocycles. The van der Waals surface area contributed by atoms with Crippen LogP contribution < -0.4 is 5.32 Å². The third kappa shape index (κ3) is 2.22. The largest absolute Gasteiger partial charge is 0.275 e. The summed E-state index contributed by atoms with van der Waals surface area (Å²) in [6, 6.07) is 17.9. The highest BCUT2D eigenvalue weighted by Gasteiger charge is 2.02. The van der Waals surface area contributed by atoms with Crippen LogP contribution in [0, 0.1) is 11.5 Å². The van der Waals surface area contributed by atoms with Gasteiger partial charge in [-0.25, -0.2) is 0 Å². The molecule has 3 rings (SSSR count). The third-order valence-corrected chi connectivity index (χ3v) is 2.89. The summed E-state index contributed by atoms with van der Waals surface area (Å²) in [7, 11) is 0. The van der Waals surface area contributed by atoms with Crippen molar-refractivity contribution in [2.75, 3.05) is 5.32 Å². The first kappa shape index (κ1) is 11.2. The van der Waals surface area contributed by atoms with Gasteiger partial charge in [-0.15, -0.1) is 10.2 Å². The van der Waals surface area contributed by atoms with Crippen LogP contribution in [0.15, 0.2) is 54.6 Å². The average molecular weight is 246 g/mol. The standard InChI is InChI=1S/C15H10N4/c16-10-17-15-8-7-14(18-19-15)13-6-5-11-3-1-2-4-12(11)9-13/h1-9H,(H,17,19). The Morgan fingerprint density at radius 2 is 1.74 bits per heavy atom. The summed E-state index contributed by atoms with van der Waals surface area (Å²) in [6.45, 7) is 0. The van der Waals surface area contributed by atoms with Gasteiger partial charge in [0.1, 0.15) is 0 Å². The molecule has 90 valence electrons. The van der Waals surface area contributed by atoms with Crippen LogP contribution in [-0.4, -0.2) is 10.2 Å². The quantitative estimate of drug-likeness (QED) is 0.557. The number of nitrogens with zero attached hydrogens (tertiary/aromatic N) is 3. The Hall–Kier alpha value is -2.93. The van der Waals surface area contributed by atoms with Crippen LogP contribution in [-0.2, 0) is 0 Å². The molecule has 0 aliphatic rings. The molecule has 0 saturated carbocycles. The predicted molar refractivity (Wildman–Crippen MR) is 74.2 cm³/mol. The minimum absolute atomic E-state index is 0.451. The Kier molecular flexibility index (Phi) is 2.79. The van der Waals surface area contributed by atoms with Gasteiger partial charge >= 0.3 is 0 Å². The van der Waals surface area contributed by atoms with Crippen molar-refractivity contribution >= 4 is 16.6 Å². The molecule has 0 amide bonds. The van der Waals surface area contributed by atoms with Gasteiger partial charge in [0.2, 0.25) is 0 Å². The van der Waals surface area contributed by atoms with E-state index in [1.807, 2.05) is 30.5 Å². The van der Waals surface area contributed by atoms with Gasteiger partial charge in [0.05, 0.1) is 5.69 Å². The van der Waals surface area contributed by atoms with Gasteiger partial charge in [-0.05, 0) is 29.0 Å². The lowest BCUT2D eigenvalue weighted by atomic mass is 10.1. The van der Waals surface area contributed by atoms with Crippen molar-refractivity contribution in [3.05, 3.63) is 54.6 Å². The molecule has 0 bridgehead atoms. The van der Waals surface area contributed by atoms with E-state index in [2.05, 4.69) is 39.8 Å². The molecule has 0 unspecified atom stereocenters. The van der Waals surface area contributed by atoms with Gasteiger partial charge in [-0.1, -0.05) is 36.4 Å². The number of aromatic nitrogens is 2. The molecule has 3 aromatic rings. The van der Waals surface area contributed by atoms with E-state index in [1.54, 1.807) is 6.07 Å². The van der Waals surface area contributed by atoms with Crippen molar-refractivity contribution in [3.8, 4) is 17.5 Å². The number of nitriles is 1. The van der Waals surface area contributed by atoms with Crippen molar-refractivity contribution in [3.63, 3.8) is 0 Å². The smallest absolute Gasteiger partial charge is 0.182 e. The predicted octanol–water partition coefficient (Wildman–Crippen LogP) is 3.19. The third-order valence-electron chi connectivity index (χ3n) is 2.89. The molecule has 4 nitrogen and oxygen atoms in total. The van der Waals surface area contributed by atoms with Gasteiger partial charge in [0.15, 0.2) is 12.0 Å². The zero-order valence-corrected chi connectivity index (χ0v) is 10.0. The monoisotopic (exact) mass is 246 g/mol. The highest BCUT2D eigenvalue weighted by molar-refractivity contribution is 5.86. The summed E-state index contributed by atoms with van der Waals surface area (Å²) in [5.41, 5.74) is 1.80. The number of nitrogens with one attached hydrogen (secondary N) is 1. The first-order chi connectivity index (χ1) is 9.36. The van der Waals surface area contributed by atoms with Crippen molar-refractivity contribution in [2.24, 2.45) is 0 Å². The van der Waals surface area contributed by atoms with Crippen LogP contribution in [0.1, 0.15) is 0 Å². The molecule has 0 fully saturated rings. The van der Waals surface area contributed by atoms with E-state index >= 15 is 0 Å². The molecule has 19 heavy (non-hydrogen) atoms. The topological polar surface area (TPSA) is 61.6 Å². The highest BCUT2D eigenvalue weighted by atomic mass is 15.2. The second-order valence-electron chi connectivity index (χ2n) is 4.10. The van der Waals surface area contributed by atoms with Gasteiger partial charge in [0.25, 0.3) is 0 Å². The number of fused-ring (bicyclic) bond motifs is 1. The molecule has 0 radical (unpaired) electrons. The molecule has 1 aromatic heterocycles.